The minimum absolute atomic E-state index is 0.136. The Morgan fingerprint density at radius 3 is 2.16 bits per heavy atom. The van der Waals surface area contributed by atoms with Crippen LogP contribution in [-0.4, -0.2) is 27.1 Å². The smallest absolute Gasteiger partial charge is 0.264 e. The first-order valence-electron chi connectivity index (χ1n) is 9.54. The highest BCUT2D eigenvalue weighted by Gasteiger charge is 2.27. The molecule has 0 saturated carbocycles. The molecule has 5 nitrogen and oxygen atoms in total. The standard InChI is InChI=1S/C23H23ClN2O3S2/c1-17-3-9-20(10-4-17)26(31(28,29)22-13-11-21(30-2)12-14-22)16-23(27)25-15-18-5-7-19(24)8-6-18/h3-14H,15-16H2,1-2H3,(H,25,27). The first-order valence-corrected chi connectivity index (χ1v) is 12.6. The van der Waals surface area contributed by atoms with Gasteiger partial charge in [0.15, 0.2) is 0 Å². The van der Waals surface area contributed by atoms with Crippen molar-refractivity contribution in [2.24, 2.45) is 0 Å². The second kappa shape index (κ2) is 10.2. The Morgan fingerprint density at radius 2 is 1.58 bits per heavy atom. The summed E-state index contributed by atoms with van der Waals surface area (Å²) in [6.45, 7) is 1.87. The monoisotopic (exact) mass is 474 g/mol. The van der Waals surface area contributed by atoms with E-state index in [-0.39, 0.29) is 18.0 Å². The molecule has 0 aliphatic rings. The molecule has 8 heteroatoms. The van der Waals surface area contributed by atoms with E-state index < -0.39 is 15.9 Å². The number of anilines is 1. The minimum Gasteiger partial charge on any atom is -0.350 e. The summed E-state index contributed by atoms with van der Waals surface area (Å²) in [5.41, 5.74) is 2.30. The quantitative estimate of drug-likeness (QED) is 0.472. The van der Waals surface area contributed by atoms with Crippen molar-refractivity contribution in [3.63, 3.8) is 0 Å². The predicted molar refractivity (Wildman–Crippen MR) is 127 cm³/mol. The number of hydrogen-bond acceptors (Lipinski definition) is 4. The van der Waals surface area contributed by atoms with Gasteiger partial charge in [-0.1, -0.05) is 41.4 Å². The topological polar surface area (TPSA) is 66.5 Å². The number of benzene rings is 3. The van der Waals surface area contributed by atoms with Gasteiger partial charge in [-0.05, 0) is 67.3 Å². The maximum Gasteiger partial charge on any atom is 0.264 e. The first kappa shape index (κ1) is 23.2. The van der Waals surface area contributed by atoms with Crippen LogP contribution in [0.4, 0.5) is 5.69 Å². The zero-order chi connectivity index (χ0) is 22.4. The molecule has 0 aliphatic heterocycles. The van der Waals surface area contributed by atoms with E-state index >= 15 is 0 Å². The van der Waals surface area contributed by atoms with E-state index in [9.17, 15) is 13.2 Å². The lowest BCUT2D eigenvalue weighted by Crippen LogP contribution is -2.40. The average molecular weight is 475 g/mol. The summed E-state index contributed by atoms with van der Waals surface area (Å²) in [6.07, 6.45) is 1.92. The molecule has 0 atom stereocenters. The van der Waals surface area contributed by atoms with Crippen LogP contribution in [0.15, 0.2) is 82.6 Å². The molecule has 0 unspecified atom stereocenters. The molecule has 1 N–H and O–H groups in total. The Balaban J connectivity index is 1.84. The second-order valence-corrected chi connectivity index (χ2v) is 10.1. The Hall–Kier alpha value is -2.48. The second-order valence-electron chi connectivity index (χ2n) is 6.93. The number of carbonyl (C=O) groups is 1. The molecular weight excluding hydrogens is 452 g/mol. The number of sulfonamides is 1. The first-order chi connectivity index (χ1) is 14.8. The van der Waals surface area contributed by atoms with Crippen LogP contribution in [0.2, 0.25) is 5.02 Å². The van der Waals surface area contributed by atoms with Crippen molar-refractivity contribution in [1.29, 1.82) is 0 Å². The van der Waals surface area contributed by atoms with E-state index in [4.69, 9.17) is 11.6 Å². The molecule has 162 valence electrons. The SMILES string of the molecule is CSc1ccc(S(=O)(=O)N(CC(=O)NCc2ccc(Cl)cc2)c2ccc(C)cc2)cc1. The summed E-state index contributed by atoms with van der Waals surface area (Å²) < 4.78 is 27.9. The highest BCUT2D eigenvalue weighted by molar-refractivity contribution is 7.98. The third-order valence-corrected chi connectivity index (χ3v) is 7.44. The molecule has 0 radical (unpaired) electrons. The number of nitrogens with one attached hydrogen (secondary N) is 1. The van der Waals surface area contributed by atoms with E-state index in [1.54, 1.807) is 48.5 Å². The molecule has 3 aromatic rings. The summed E-state index contributed by atoms with van der Waals surface area (Å²) in [5, 5.41) is 3.39. The van der Waals surface area contributed by atoms with Crippen LogP contribution in [0.3, 0.4) is 0 Å². The van der Waals surface area contributed by atoms with Gasteiger partial charge < -0.3 is 5.32 Å². The lowest BCUT2D eigenvalue weighted by Gasteiger charge is -2.24. The number of amides is 1. The van der Waals surface area contributed by atoms with Crippen LogP contribution in [0.25, 0.3) is 0 Å². The van der Waals surface area contributed by atoms with Gasteiger partial charge in [0.2, 0.25) is 5.91 Å². The van der Waals surface area contributed by atoms with Crippen molar-refractivity contribution >= 4 is 45.0 Å². The summed E-state index contributed by atoms with van der Waals surface area (Å²) in [5.74, 6) is -0.403. The molecule has 0 saturated heterocycles. The number of nitrogens with zero attached hydrogens (tertiary/aromatic N) is 1. The van der Waals surface area contributed by atoms with Crippen molar-refractivity contribution < 1.29 is 13.2 Å². The largest absolute Gasteiger partial charge is 0.350 e. The summed E-state index contributed by atoms with van der Waals surface area (Å²) in [7, 11) is -3.93. The molecule has 3 aromatic carbocycles. The van der Waals surface area contributed by atoms with Crippen LogP contribution in [-0.2, 0) is 21.4 Å². The van der Waals surface area contributed by atoms with Crippen LogP contribution >= 0.6 is 23.4 Å². The van der Waals surface area contributed by atoms with Crippen LogP contribution in [0.5, 0.6) is 0 Å². The van der Waals surface area contributed by atoms with Gasteiger partial charge in [0.25, 0.3) is 10.0 Å². The van der Waals surface area contributed by atoms with E-state index in [0.29, 0.717) is 10.7 Å². The fourth-order valence-electron chi connectivity index (χ4n) is 2.89. The highest BCUT2D eigenvalue weighted by atomic mass is 35.5. The van der Waals surface area contributed by atoms with Crippen molar-refractivity contribution in [3.05, 3.63) is 88.9 Å². The minimum atomic E-state index is -3.93. The number of thioether (sulfide) groups is 1. The van der Waals surface area contributed by atoms with Gasteiger partial charge in [-0.25, -0.2) is 8.42 Å². The third-order valence-electron chi connectivity index (χ3n) is 4.66. The Morgan fingerprint density at radius 1 is 0.968 bits per heavy atom. The number of hydrogen-bond donors (Lipinski definition) is 1. The molecule has 0 bridgehead atoms. The average Bonchev–Trinajstić information content (AvgIpc) is 2.78. The van der Waals surface area contributed by atoms with Crippen molar-refractivity contribution in [1.82, 2.24) is 5.32 Å². The maximum absolute atomic E-state index is 13.4. The fraction of sp³-hybridized carbons (Fsp3) is 0.174. The van der Waals surface area contributed by atoms with E-state index in [1.807, 2.05) is 37.4 Å². The Bertz CT molecular complexity index is 1130. The lowest BCUT2D eigenvalue weighted by molar-refractivity contribution is -0.119. The molecular formula is C23H23ClN2O3S2. The fourth-order valence-corrected chi connectivity index (χ4v) is 4.85. The summed E-state index contributed by atoms with van der Waals surface area (Å²) in [6, 6.07) is 20.8. The normalized spacial score (nSPS) is 11.2. The van der Waals surface area contributed by atoms with Gasteiger partial charge in [0.05, 0.1) is 10.6 Å². The molecule has 0 aliphatic carbocycles. The highest BCUT2D eigenvalue weighted by Crippen LogP contribution is 2.25. The zero-order valence-corrected chi connectivity index (χ0v) is 19.6. The van der Waals surface area contributed by atoms with E-state index in [0.717, 1.165) is 20.3 Å². The van der Waals surface area contributed by atoms with Crippen molar-refractivity contribution in [2.75, 3.05) is 17.1 Å². The molecule has 0 heterocycles. The number of aryl methyl sites for hydroxylation is 1. The van der Waals surface area contributed by atoms with E-state index in [2.05, 4.69) is 5.32 Å². The van der Waals surface area contributed by atoms with Crippen LogP contribution in [0.1, 0.15) is 11.1 Å². The number of carbonyl (C=O) groups excluding carboxylic acids is 1. The third kappa shape index (κ3) is 6.03. The van der Waals surface area contributed by atoms with Crippen molar-refractivity contribution in [3.8, 4) is 0 Å². The van der Waals surface area contributed by atoms with Crippen LogP contribution < -0.4 is 9.62 Å². The Labute approximate surface area is 192 Å². The lowest BCUT2D eigenvalue weighted by atomic mass is 10.2. The van der Waals surface area contributed by atoms with Crippen LogP contribution in [0, 0.1) is 6.92 Å². The van der Waals surface area contributed by atoms with Gasteiger partial charge in [-0.3, -0.25) is 9.10 Å². The van der Waals surface area contributed by atoms with Gasteiger partial charge in [-0.2, -0.15) is 0 Å². The predicted octanol–water partition coefficient (Wildman–Crippen LogP) is 4.88. The molecule has 3 rings (SSSR count). The molecule has 1 amide bonds. The van der Waals surface area contributed by atoms with Gasteiger partial charge in [-0.15, -0.1) is 11.8 Å². The van der Waals surface area contributed by atoms with Crippen molar-refractivity contribution in [2.45, 2.75) is 23.3 Å². The van der Waals surface area contributed by atoms with E-state index in [1.165, 1.54) is 11.8 Å². The van der Waals surface area contributed by atoms with Gasteiger partial charge in [0, 0.05) is 16.5 Å². The Kier molecular flexibility index (Phi) is 7.64. The van der Waals surface area contributed by atoms with Gasteiger partial charge in [0.1, 0.15) is 6.54 Å². The molecule has 0 spiro atoms. The van der Waals surface area contributed by atoms with Gasteiger partial charge >= 0.3 is 0 Å². The maximum atomic E-state index is 13.4. The molecule has 0 aromatic heterocycles. The summed E-state index contributed by atoms with van der Waals surface area (Å²) in [4.78, 5) is 13.8. The number of rotatable bonds is 8. The number of halogens is 1. The summed E-state index contributed by atoms with van der Waals surface area (Å²) >= 11 is 7.42. The molecule has 31 heavy (non-hydrogen) atoms. The zero-order valence-electron chi connectivity index (χ0n) is 17.2. The molecule has 0 fully saturated rings.